The maximum absolute atomic E-state index is 13.2. The second-order valence-electron chi connectivity index (χ2n) is 6.69. The van der Waals surface area contributed by atoms with Gasteiger partial charge in [-0.3, -0.25) is 9.55 Å². The average Bonchev–Trinajstić information content (AvgIpc) is 3.16. The van der Waals surface area contributed by atoms with E-state index in [2.05, 4.69) is 15.2 Å². The van der Waals surface area contributed by atoms with Crippen LogP contribution in [0.15, 0.2) is 78.1 Å². The first-order valence-electron chi connectivity index (χ1n) is 9.29. The number of aromatic nitrogens is 4. The van der Waals surface area contributed by atoms with Crippen LogP contribution in [0.3, 0.4) is 0 Å². The highest BCUT2D eigenvalue weighted by atomic mass is 35.5. The molecule has 0 aliphatic rings. The fraction of sp³-hybridized carbons (Fsp3) is 0.136. The van der Waals surface area contributed by atoms with Crippen molar-refractivity contribution >= 4 is 23.4 Å². The number of hydrogen-bond donors (Lipinski definition) is 0. The fourth-order valence-corrected chi connectivity index (χ4v) is 4.12. The second kappa shape index (κ2) is 9.11. The monoisotopic (exact) mass is 460 g/mol. The Kier molecular flexibility index (Phi) is 6.29. The van der Waals surface area contributed by atoms with Gasteiger partial charge in [0.25, 0.3) is 0 Å². The molecule has 0 radical (unpaired) electrons. The highest BCUT2D eigenvalue weighted by molar-refractivity contribution is 7.98. The first-order chi connectivity index (χ1) is 14.9. The lowest BCUT2D eigenvalue weighted by Crippen LogP contribution is -2.07. The van der Waals surface area contributed by atoms with E-state index in [0.717, 1.165) is 11.6 Å². The Balaban J connectivity index is 1.63. The molecule has 0 N–H and O–H groups in total. The second-order valence-corrected chi connectivity index (χ2v) is 8.04. The number of thioether (sulfide) groups is 1. The van der Waals surface area contributed by atoms with Crippen LogP contribution in [0.4, 0.5) is 13.2 Å². The molecule has 4 rings (SSSR count). The first-order valence-corrected chi connectivity index (χ1v) is 10.6. The average molecular weight is 461 g/mol. The summed E-state index contributed by atoms with van der Waals surface area (Å²) in [5.74, 6) is 0.883. The van der Waals surface area contributed by atoms with Crippen molar-refractivity contribution in [3.05, 3.63) is 94.6 Å². The number of halogens is 4. The van der Waals surface area contributed by atoms with Crippen LogP contribution in [0.2, 0.25) is 5.02 Å². The molecule has 0 aliphatic heterocycles. The molecule has 0 bridgehead atoms. The zero-order valence-corrected chi connectivity index (χ0v) is 17.6. The van der Waals surface area contributed by atoms with Crippen molar-refractivity contribution in [3.63, 3.8) is 0 Å². The van der Waals surface area contributed by atoms with Crippen LogP contribution in [0.1, 0.15) is 16.7 Å². The number of benzene rings is 2. The van der Waals surface area contributed by atoms with E-state index >= 15 is 0 Å². The van der Waals surface area contributed by atoms with Gasteiger partial charge in [-0.2, -0.15) is 13.2 Å². The molecule has 0 spiro atoms. The van der Waals surface area contributed by atoms with Crippen molar-refractivity contribution in [3.8, 4) is 11.5 Å². The van der Waals surface area contributed by atoms with E-state index in [9.17, 15) is 13.2 Å². The minimum absolute atomic E-state index is 0.287. The zero-order valence-electron chi connectivity index (χ0n) is 16.1. The molecule has 2 aromatic carbocycles. The molecular formula is C22H16ClF3N4S. The van der Waals surface area contributed by atoms with Crippen LogP contribution < -0.4 is 0 Å². The van der Waals surface area contributed by atoms with E-state index in [-0.39, 0.29) is 10.8 Å². The van der Waals surface area contributed by atoms with Gasteiger partial charge in [0.1, 0.15) is 5.69 Å². The van der Waals surface area contributed by atoms with Gasteiger partial charge in [-0.15, -0.1) is 10.2 Å². The van der Waals surface area contributed by atoms with Gasteiger partial charge in [-0.25, -0.2) is 0 Å². The molecule has 0 aliphatic carbocycles. The third kappa shape index (κ3) is 5.08. The zero-order chi connectivity index (χ0) is 21.8. The molecule has 0 fully saturated rings. The van der Waals surface area contributed by atoms with Crippen molar-refractivity contribution in [2.75, 3.05) is 0 Å². The standard InChI is InChI=1S/C22H16ClF3N4S/c23-18-10-9-16(12-17(18)22(24,25)26)14-31-21-29-28-20(19-8-4-5-11-27-19)30(21)13-15-6-2-1-3-7-15/h1-12H,13-14H2. The molecule has 0 saturated heterocycles. The van der Waals surface area contributed by atoms with Crippen molar-refractivity contribution in [2.24, 2.45) is 0 Å². The van der Waals surface area contributed by atoms with Gasteiger partial charge >= 0.3 is 6.18 Å². The van der Waals surface area contributed by atoms with Gasteiger partial charge in [0, 0.05) is 11.9 Å². The summed E-state index contributed by atoms with van der Waals surface area (Å²) in [5, 5.41) is 8.85. The predicted octanol–water partition coefficient (Wildman–Crippen LogP) is 6.35. The highest BCUT2D eigenvalue weighted by Gasteiger charge is 2.33. The smallest absolute Gasteiger partial charge is 0.296 e. The third-order valence-corrected chi connectivity index (χ3v) is 5.87. The number of hydrogen-bond acceptors (Lipinski definition) is 4. The molecule has 0 saturated carbocycles. The topological polar surface area (TPSA) is 43.6 Å². The SMILES string of the molecule is FC(F)(F)c1cc(CSc2nnc(-c3ccccn3)n2Cc2ccccc2)ccc1Cl. The fourth-order valence-electron chi connectivity index (χ4n) is 3.02. The number of alkyl halides is 3. The third-order valence-electron chi connectivity index (χ3n) is 4.50. The largest absolute Gasteiger partial charge is 0.417 e. The summed E-state index contributed by atoms with van der Waals surface area (Å²) >= 11 is 7.04. The number of pyridine rings is 1. The minimum Gasteiger partial charge on any atom is -0.296 e. The Labute approximate surface area is 186 Å². The summed E-state index contributed by atoms with van der Waals surface area (Å²) in [6.45, 7) is 0.510. The minimum atomic E-state index is -4.50. The van der Waals surface area contributed by atoms with Gasteiger partial charge in [-0.1, -0.05) is 65.8 Å². The molecule has 9 heteroatoms. The van der Waals surface area contributed by atoms with Crippen LogP contribution in [-0.4, -0.2) is 19.7 Å². The van der Waals surface area contributed by atoms with E-state index in [0.29, 0.717) is 28.8 Å². The van der Waals surface area contributed by atoms with Crippen LogP contribution >= 0.6 is 23.4 Å². The van der Waals surface area contributed by atoms with Crippen molar-refractivity contribution in [2.45, 2.75) is 23.6 Å². The van der Waals surface area contributed by atoms with Gasteiger partial charge in [0.15, 0.2) is 11.0 Å². The Hall–Kier alpha value is -2.84. The van der Waals surface area contributed by atoms with Crippen molar-refractivity contribution in [1.82, 2.24) is 19.7 Å². The normalized spacial score (nSPS) is 11.6. The van der Waals surface area contributed by atoms with Gasteiger partial charge < -0.3 is 0 Å². The van der Waals surface area contributed by atoms with Crippen LogP contribution in [0.25, 0.3) is 11.5 Å². The van der Waals surface area contributed by atoms with Gasteiger partial charge in [-0.05, 0) is 35.4 Å². The molecule has 4 nitrogen and oxygen atoms in total. The molecule has 0 unspecified atom stereocenters. The maximum Gasteiger partial charge on any atom is 0.417 e. The molecule has 31 heavy (non-hydrogen) atoms. The molecule has 2 aromatic heterocycles. The Morgan fingerprint density at radius 1 is 0.903 bits per heavy atom. The van der Waals surface area contributed by atoms with E-state index < -0.39 is 11.7 Å². The summed E-state index contributed by atoms with van der Waals surface area (Å²) in [6, 6.07) is 19.3. The Bertz CT molecular complexity index is 1160. The number of rotatable bonds is 6. The molecule has 0 atom stereocenters. The van der Waals surface area contributed by atoms with E-state index in [1.54, 1.807) is 12.3 Å². The molecule has 4 aromatic rings. The summed E-state index contributed by atoms with van der Waals surface area (Å²) in [6.07, 6.45) is -2.83. The molecule has 0 amide bonds. The first kappa shape index (κ1) is 21.4. The van der Waals surface area contributed by atoms with Crippen LogP contribution in [0, 0.1) is 0 Å². The van der Waals surface area contributed by atoms with E-state index in [4.69, 9.17) is 11.6 Å². The van der Waals surface area contributed by atoms with Crippen LogP contribution in [-0.2, 0) is 18.5 Å². The quantitative estimate of drug-likeness (QED) is 0.314. The lowest BCUT2D eigenvalue weighted by molar-refractivity contribution is -0.137. The summed E-state index contributed by atoms with van der Waals surface area (Å²) in [4.78, 5) is 4.36. The van der Waals surface area contributed by atoms with Gasteiger partial charge in [0.2, 0.25) is 0 Å². The van der Waals surface area contributed by atoms with Crippen molar-refractivity contribution in [1.29, 1.82) is 0 Å². The summed E-state index contributed by atoms with van der Waals surface area (Å²) in [5.41, 5.74) is 1.37. The van der Waals surface area contributed by atoms with Crippen LogP contribution in [0.5, 0.6) is 0 Å². The lowest BCUT2D eigenvalue weighted by Gasteiger charge is -2.12. The summed E-state index contributed by atoms with van der Waals surface area (Å²) < 4.78 is 41.4. The maximum atomic E-state index is 13.2. The number of nitrogens with zero attached hydrogens (tertiary/aromatic N) is 4. The Morgan fingerprint density at radius 2 is 1.68 bits per heavy atom. The predicted molar refractivity (Wildman–Crippen MR) is 115 cm³/mol. The lowest BCUT2D eigenvalue weighted by atomic mass is 10.1. The summed E-state index contributed by atoms with van der Waals surface area (Å²) in [7, 11) is 0. The Morgan fingerprint density at radius 3 is 2.39 bits per heavy atom. The molecular weight excluding hydrogens is 445 g/mol. The van der Waals surface area contributed by atoms with E-state index in [1.165, 1.54) is 17.8 Å². The molecule has 158 valence electrons. The van der Waals surface area contributed by atoms with E-state index in [1.807, 2.05) is 53.1 Å². The van der Waals surface area contributed by atoms with Gasteiger partial charge in [0.05, 0.1) is 17.1 Å². The molecule has 2 heterocycles. The highest BCUT2D eigenvalue weighted by Crippen LogP contribution is 2.36. The van der Waals surface area contributed by atoms with Crippen molar-refractivity contribution < 1.29 is 13.2 Å².